The minimum Gasteiger partial charge on any atom is -0.468 e. The molecule has 6 nitrogen and oxygen atoms in total. The van der Waals surface area contributed by atoms with Crippen LogP contribution in [0.25, 0.3) is 0 Å². The van der Waals surface area contributed by atoms with Gasteiger partial charge in [0, 0.05) is 38.6 Å². The first-order valence-corrected chi connectivity index (χ1v) is 9.20. The van der Waals surface area contributed by atoms with Gasteiger partial charge in [0.05, 0.1) is 6.54 Å². The summed E-state index contributed by atoms with van der Waals surface area (Å²) in [6.07, 6.45) is 0.563. The molecule has 152 valence electrons. The van der Waals surface area contributed by atoms with Gasteiger partial charge in [-0.3, -0.25) is 0 Å². The third-order valence-corrected chi connectivity index (χ3v) is 3.75. The maximum absolute atomic E-state index is 12.1. The number of alkyl halides is 3. The van der Waals surface area contributed by atoms with Crippen molar-refractivity contribution in [2.75, 3.05) is 32.9 Å². The summed E-state index contributed by atoms with van der Waals surface area (Å²) >= 11 is 0. The highest BCUT2D eigenvalue weighted by Gasteiger charge is 2.28. The van der Waals surface area contributed by atoms with E-state index in [1.807, 2.05) is 6.92 Å². The molecule has 2 rings (SSSR count). The maximum atomic E-state index is 12.1. The number of rotatable bonds is 11. The highest BCUT2D eigenvalue weighted by molar-refractivity contribution is 5.79. The molecule has 27 heavy (non-hydrogen) atoms. The quantitative estimate of drug-likeness (QED) is 0.347. The average Bonchev–Trinajstić information content (AvgIpc) is 3.45. The van der Waals surface area contributed by atoms with Crippen LogP contribution in [0, 0.1) is 5.92 Å². The van der Waals surface area contributed by atoms with Gasteiger partial charge in [-0.15, -0.1) is 0 Å². The van der Waals surface area contributed by atoms with Crippen molar-refractivity contribution in [3.63, 3.8) is 0 Å². The molecule has 0 bridgehead atoms. The van der Waals surface area contributed by atoms with E-state index in [2.05, 4.69) is 25.3 Å². The van der Waals surface area contributed by atoms with E-state index < -0.39 is 12.8 Å². The highest BCUT2D eigenvalue weighted by atomic mass is 19.4. The van der Waals surface area contributed by atoms with Gasteiger partial charge < -0.3 is 20.1 Å². The Bertz CT molecular complexity index is 575. The SMILES string of the molecule is CCNC(=NCc1ccc(OCC(F)(F)F)nc1)NCCCOCC1CC1. The van der Waals surface area contributed by atoms with E-state index in [1.54, 1.807) is 6.07 Å². The molecule has 2 N–H and O–H groups in total. The summed E-state index contributed by atoms with van der Waals surface area (Å²) in [5.41, 5.74) is 0.777. The Morgan fingerprint density at radius 2 is 2.11 bits per heavy atom. The number of aliphatic imine (C=N–C) groups is 1. The van der Waals surface area contributed by atoms with Gasteiger partial charge in [0.2, 0.25) is 5.88 Å². The largest absolute Gasteiger partial charge is 0.468 e. The molecule has 1 aromatic rings. The first-order chi connectivity index (χ1) is 13.0. The second-order valence-electron chi connectivity index (χ2n) is 6.40. The van der Waals surface area contributed by atoms with Crippen LogP contribution in [-0.2, 0) is 11.3 Å². The number of nitrogens with one attached hydrogen (secondary N) is 2. The number of aromatic nitrogens is 1. The van der Waals surface area contributed by atoms with Crippen LogP contribution in [0.2, 0.25) is 0 Å². The average molecular weight is 388 g/mol. The zero-order valence-electron chi connectivity index (χ0n) is 15.5. The summed E-state index contributed by atoms with van der Waals surface area (Å²) in [6, 6.07) is 3.06. The zero-order chi connectivity index (χ0) is 19.5. The number of hydrogen-bond donors (Lipinski definition) is 2. The first kappa shape index (κ1) is 21.3. The van der Waals surface area contributed by atoms with Crippen LogP contribution < -0.4 is 15.4 Å². The molecule has 0 radical (unpaired) electrons. The minimum absolute atomic E-state index is 0.0590. The number of pyridine rings is 1. The third kappa shape index (κ3) is 10.0. The molecule has 1 heterocycles. The standard InChI is InChI=1S/C18H27F3N4O2/c1-2-22-17(23-8-3-9-26-12-14-4-5-14)25-11-15-6-7-16(24-10-15)27-13-18(19,20)21/h6-7,10,14H,2-5,8-9,11-13H2,1H3,(H2,22,23,25). The molecule has 1 aromatic heterocycles. The monoisotopic (exact) mass is 388 g/mol. The highest BCUT2D eigenvalue weighted by Crippen LogP contribution is 2.28. The van der Waals surface area contributed by atoms with Crippen LogP contribution in [0.4, 0.5) is 13.2 Å². The Hall–Kier alpha value is -2.03. The van der Waals surface area contributed by atoms with Crippen molar-refractivity contribution in [1.82, 2.24) is 15.6 Å². The van der Waals surface area contributed by atoms with E-state index in [-0.39, 0.29) is 5.88 Å². The van der Waals surface area contributed by atoms with Crippen LogP contribution in [0.3, 0.4) is 0 Å². The van der Waals surface area contributed by atoms with Gasteiger partial charge in [0.1, 0.15) is 0 Å². The van der Waals surface area contributed by atoms with E-state index in [1.165, 1.54) is 25.1 Å². The molecular weight excluding hydrogens is 361 g/mol. The number of nitrogens with zero attached hydrogens (tertiary/aromatic N) is 2. The first-order valence-electron chi connectivity index (χ1n) is 9.20. The lowest BCUT2D eigenvalue weighted by atomic mass is 10.3. The van der Waals surface area contributed by atoms with Crippen LogP contribution in [0.1, 0.15) is 31.7 Å². The van der Waals surface area contributed by atoms with Crippen molar-refractivity contribution in [3.05, 3.63) is 23.9 Å². The smallest absolute Gasteiger partial charge is 0.422 e. The number of halogens is 3. The van der Waals surface area contributed by atoms with E-state index in [0.29, 0.717) is 12.5 Å². The van der Waals surface area contributed by atoms with Crippen molar-refractivity contribution in [3.8, 4) is 5.88 Å². The Morgan fingerprint density at radius 3 is 2.74 bits per heavy atom. The lowest BCUT2D eigenvalue weighted by Crippen LogP contribution is -2.38. The lowest BCUT2D eigenvalue weighted by molar-refractivity contribution is -0.154. The van der Waals surface area contributed by atoms with Crippen LogP contribution >= 0.6 is 0 Å². The number of guanidine groups is 1. The van der Waals surface area contributed by atoms with E-state index in [4.69, 9.17) is 4.74 Å². The summed E-state index contributed by atoms with van der Waals surface area (Å²) in [5, 5.41) is 6.38. The molecule has 0 saturated heterocycles. The van der Waals surface area contributed by atoms with Crippen molar-refractivity contribution < 1.29 is 22.6 Å². The third-order valence-electron chi connectivity index (χ3n) is 3.75. The van der Waals surface area contributed by atoms with Gasteiger partial charge in [-0.2, -0.15) is 13.2 Å². The summed E-state index contributed by atoms with van der Waals surface area (Å²) < 4.78 is 46.5. The molecule has 1 aliphatic rings. The summed E-state index contributed by atoms with van der Waals surface area (Å²) in [7, 11) is 0. The van der Waals surface area contributed by atoms with Crippen molar-refractivity contribution in [2.24, 2.45) is 10.9 Å². The predicted octanol–water partition coefficient (Wildman–Crippen LogP) is 2.89. The number of ether oxygens (including phenoxy) is 2. The summed E-state index contributed by atoms with van der Waals surface area (Å²) in [6.45, 7) is 4.06. The predicted molar refractivity (Wildman–Crippen MR) is 96.8 cm³/mol. The Balaban J connectivity index is 1.70. The fourth-order valence-corrected chi connectivity index (χ4v) is 2.17. The van der Waals surface area contributed by atoms with Gasteiger partial charge >= 0.3 is 6.18 Å². The molecule has 9 heteroatoms. The molecule has 0 amide bonds. The topological polar surface area (TPSA) is 67.8 Å². The molecular formula is C18H27F3N4O2. The molecule has 0 unspecified atom stereocenters. The van der Waals surface area contributed by atoms with Crippen molar-refractivity contribution in [2.45, 2.75) is 38.9 Å². The summed E-state index contributed by atoms with van der Waals surface area (Å²) in [5.74, 6) is 1.39. The second-order valence-corrected chi connectivity index (χ2v) is 6.40. The van der Waals surface area contributed by atoms with E-state index >= 15 is 0 Å². The van der Waals surface area contributed by atoms with Gasteiger partial charge in [0.15, 0.2) is 12.6 Å². The maximum Gasteiger partial charge on any atom is 0.422 e. The molecule has 1 aliphatic carbocycles. The fraction of sp³-hybridized carbons (Fsp3) is 0.667. The van der Waals surface area contributed by atoms with Gasteiger partial charge in [-0.05, 0) is 37.7 Å². The minimum atomic E-state index is -4.38. The van der Waals surface area contributed by atoms with Gasteiger partial charge in [-0.25, -0.2) is 9.98 Å². The van der Waals surface area contributed by atoms with Gasteiger partial charge in [-0.1, -0.05) is 6.07 Å². The van der Waals surface area contributed by atoms with E-state index in [9.17, 15) is 13.2 Å². The molecule has 0 atom stereocenters. The molecule has 0 spiro atoms. The van der Waals surface area contributed by atoms with Crippen LogP contribution in [0.15, 0.2) is 23.3 Å². The van der Waals surface area contributed by atoms with Gasteiger partial charge in [0.25, 0.3) is 0 Å². The van der Waals surface area contributed by atoms with Crippen LogP contribution in [-0.4, -0.2) is 50.0 Å². The Labute approximate surface area is 157 Å². The van der Waals surface area contributed by atoms with Crippen molar-refractivity contribution >= 4 is 5.96 Å². The molecule has 1 fully saturated rings. The van der Waals surface area contributed by atoms with E-state index in [0.717, 1.165) is 44.2 Å². The van der Waals surface area contributed by atoms with Crippen molar-refractivity contribution in [1.29, 1.82) is 0 Å². The summed E-state index contributed by atoms with van der Waals surface area (Å²) in [4.78, 5) is 8.32. The Morgan fingerprint density at radius 1 is 1.30 bits per heavy atom. The number of hydrogen-bond acceptors (Lipinski definition) is 4. The fourth-order valence-electron chi connectivity index (χ4n) is 2.17. The normalized spacial score (nSPS) is 14.9. The molecule has 0 aliphatic heterocycles. The molecule has 1 saturated carbocycles. The lowest BCUT2D eigenvalue weighted by Gasteiger charge is -2.11. The van der Waals surface area contributed by atoms with Crippen LogP contribution in [0.5, 0.6) is 5.88 Å². The zero-order valence-corrected chi connectivity index (χ0v) is 15.5. The second kappa shape index (κ2) is 11.0. The molecule has 0 aromatic carbocycles. The Kier molecular flexibility index (Phi) is 8.63.